The van der Waals surface area contributed by atoms with E-state index >= 15 is 0 Å². The number of carbonyl (C=O) groups excluding carboxylic acids is 2. The van der Waals surface area contributed by atoms with E-state index in [9.17, 15) is 29.0 Å². The molecule has 0 aromatic heterocycles. The number of anilines is 1. The summed E-state index contributed by atoms with van der Waals surface area (Å²) in [5.41, 5.74) is 0.488. The standard InChI is InChI=1S/C19H14BrFN2O5/c20-8-1-6-12(24)11(7-8)15-13-14(16(22-15)19(27)28)18(26)23(17(13)25)10-4-2-9(21)3-5-10/h1-7,13-16,22,24H,(H,27,28). The number of carboxylic acid groups (broad SMARTS) is 1. The predicted molar refractivity (Wildman–Crippen MR) is 99.0 cm³/mol. The molecule has 4 atom stereocenters. The molecule has 9 heteroatoms. The third-order valence-corrected chi connectivity index (χ3v) is 5.64. The molecule has 2 heterocycles. The zero-order valence-corrected chi connectivity index (χ0v) is 15.8. The van der Waals surface area contributed by atoms with Gasteiger partial charge in [-0.25, -0.2) is 9.29 Å². The van der Waals surface area contributed by atoms with Crippen molar-refractivity contribution in [3.63, 3.8) is 0 Å². The van der Waals surface area contributed by atoms with Crippen LogP contribution in [-0.2, 0) is 14.4 Å². The van der Waals surface area contributed by atoms with Gasteiger partial charge in [-0.3, -0.25) is 19.7 Å². The summed E-state index contributed by atoms with van der Waals surface area (Å²) in [6, 6.07) is 7.26. The molecule has 4 unspecified atom stereocenters. The highest BCUT2D eigenvalue weighted by Crippen LogP contribution is 2.47. The molecule has 28 heavy (non-hydrogen) atoms. The van der Waals surface area contributed by atoms with Gasteiger partial charge in [0.2, 0.25) is 11.8 Å². The van der Waals surface area contributed by atoms with Crippen molar-refractivity contribution < 1.29 is 29.0 Å². The largest absolute Gasteiger partial charge is 0.508 e. The maximum absolute atomic E-state index is 13.2. The van der Waals surface area contributed by atoms with Gasteiger partial charge in [-0.15, -0.1) is 0 Å². The summed E-state index contributed by atoms with van der Waals surface area (Å²) in [4.78, 5) is 38.7. The number of rotatable bonds is 3. The van der Waals surface area contributed by atoms with Crippen molar-refractivity contribution in [1.29, 1.82) is 0 Å². The van der Waals surface area contributed by atoms with E-state index in [1.807, 2.05) is 0 Å². The van der Waals surface area contributed by atoms with Crippen LogP contribution >= 0.6 is 15.9 Å². The molecule has 144 valence electrons. The molecule has 2 fully saturated rings. The number of amides is 2. The number of imide groups is 1. The lowest BCUT2D eigenvalue weighted by Gasteiger charge is -2.22. The lowest BCUT2D eigenvalue weighted by atomic mass is 9.86. The number of aromatic hydroxyl groups is 1. The Kier molecular flexibility index (Phi) is 4.43. The van der Waals surface area contributed by atoms with Gasteiger partial charge in [-0.05, 0) is 42.5 Å². The second kappa shape index (κ2) is 6.68. The van der Waals surface area contributed by atoms with Gasteiger partial charge in [0, 0.05) is 16.1 Å². The molecule has 0 radical (unpaired) electrons. The van der Waals surface area contributed by atoms with Gasteiger partial charge in [-0.1, -0.05) is 15.9 Å². The molecular weight excluding hydrogens is 435 g/mol. The number of hydrogen-bond acceptors (Lipinski definition) is 5. The van der Waals surface area contributed by atoms with Crippen molar-refractivity contribution in [1.82, 2.24) is 5.32 Å². The quantitative estimate of drug-likeness (QED) is 0.621. The molecule has 2 aromatic carbocycles. The summed E-state index contributed by atoms with van der Waals surface area (Å²) in [6.45, 7) is 0. The van der Waals surface area contributed by atoms with Gasteiger partial charge < -0.3 is 10.2 Å². The van der Waals surface area contributed by atoms with E-state index in [2.05, 4.69) is 21.2 Å². The van der Waals surface area contributed by atoms with E-state index in [1.54, 1.807) is 12.1 Å². The summed E-state index contributed by atoms with van der Waals surface area (Å²) >= 11 is 3.29. The van der Waals surface area contributed by atoms with Gasteiger partial charge in [0.05, 0.1) is 17.5 Å². The summed E-state index contributed by atoms with van der Waals surface area (Å²) in [6.07, 6.45) is 0. The number of aliphatic carboxylic acids is 1. The second-order valence-electron chi connectivity index (χ2n) is 6.70. The number of hydrogen-bond donors (Lipinski definition) is 3. The van der Waals surface area contributed by atoms with E-state index < -0.39 is 47.5 Å². The lowest BCUT2D eigenvalue weighted by molar-refractivity contribution is -0.142. The SMILES string of the molecule is O=C(O)C1NC(c2cc(Br)ccc2O)C2C(=O)N(c3ccc(F)cc3)C(=O)C12. The van der Waals surface area contributed by atoms with Crippen molar-refractivity contribution in [2.75, 3.05) is 4.90 Å². The Labute approximate surface area is 166 Å². The minimum absolute atomic E-state index is 0.119. The van der Waals surface area contributed by atoms with E-state index in [1.165, 1.54) is 18.2 Å². The van der Waals surface area contributed by atoms with Crippen LogP contribution in [0.4, 0.5) is 10.1 Å². The number of nitrogens with one attached hydrogen (secondary N) is 1. The van der Waals surface area contributed by atoms with Crippen molar-refractivity contribution in [3.05, 3.63) is 58.3 Å². The van der Waals surface area contributed by atoms with Gasteiger partial charge in [0.15, 0.2) is 0 Å². The number of carboxylic acids is 1. The Morgan fingerprint density at radius 3 is 2.36 bits per heavy atom. The summed E-state index contributed by atoms with van der Waals surface area (Å²) < 4.78 is 13.9. The van der Waals surface area contributed by atoms with Crippen molar-refractivity contribution in [2.45, 2.75) is 12.1 Å². The molecule has 2 aromatic rings. The molecule has 2 saturated heterocycles. The first-order chi connectivity index (χ1) is 13.3. The topological polar surface area (TPSA) is 107 Å². The first-order valence-corrected chi connectivity index (χ1v) is 9.19. The number of carbonyl (C=O) groups is 3. The smallest absolute Gasteiger partial charge is 0.321 e. The maximum atomic E-state index is 13.2. The summed E-state index contributed by atoms with van der Waals surface area (Å²) in [5, 5.41) is 22.6. The number of phenols is 1. The Morgan fingerprint density at radius 2 is 1.71 bits per heavy atom. The fourth-order valence-electron chi connectivity index (χ4n) is 3.94. The predicted octanol–water partition coefficient (Wildman–Crippen LogP) is 2.20. The molecule has 0 aliphatic carbocycles. The highest BCUT2D eigenvalue weighted by atomic mass is 79.9. The van der Waals surface area contributed by atoms with Gasteiger partial charge in [0.25, 0.3) is 0 Å². The van der Waals surface area contributed by atoms with Crippen LogP contribution in [-0.4, -0.2) is 34.0 Å². The molecule has 0 spiro atoms. The monoisotopic (exact) mass is 448 g/mol. The fraction of sp³-hybridized carbons (Fsp3) is 0.211. The van der Waals surface area contributed by atoms with Gasteiger partial charge in [-0.2, -0.15) is 0 Å². The van der Waals surface area contributed by atoms with Crippen LogP contribution in [0.1, 0.15) is 11.6 Å². The molecule has 7 nitrogen and oxygen atoms in total. The normalized spacial score (nSPS) is 26.6. The second-order valence-corrected chi connectivity index (χ2v) is 7.62. The first-order valence-electron chi connectivity index (χ1n) is 8.40. The van der Waals surface area contributed by atoms with E-state index in [0.29, 0.717) is 10.0 Å². The van der Waals surface area contributed by atoms with Crippen LogP contribution in [0, 0.1) is 17.7 Å². The number of benzene rings is 2. The maximum Gasteiger partial charge on any atom is 0.321 e. The van der Waals surface area contributed by atoms with Crippen LogP contribution < -0.4 is 10.2 Å². The Hall–Kier alpha value is -2.78. The number of fused-ring (bicyclic) bond motifs is 1. The molecule has 3 N–H and O–H groups in total. The molecule has 0 bridgehead atoms. The molecule has 2 amide bonds. The minimum atomic E-state index is -1.30. The van der Waals surface area contributed by atoms with Crippen molar-refractivity contribution >= 4 is 39.4 Å². The van der Waals surface area contributed by atoms with Crippen LogP contribution in [0.25, 0.3) is 0 Å². The van der Waals surface area contributed by atoms with Crippen LogP contribution in [0.2, 0.25) is 0 Å². The Balaban J connectivity index is 1.80. The average Bonchev–Trinajstić information content (AvgIpc) is 3.16. The fourth-order valence-corrected chi connectivity index (χ4v) is 4.32. The zero-order chi connectivity index (χ0) is 20.2. The minimum Gasteiger partial charge on any atom is -0.508 e. The van der Waals surface area contributed by atoms with E-state index in [0.717, 1.165) is 17.0 Å². The average molecular weight is 449 g/mol. The number of halogens is 2. The zero-order valence-electron chi connectivity index (χ0n) is 14.2. The number of nitrogens with zero attached hydrogens (tertiary/aromatic N) is 1. The van der Waals surface area contributed by atoms with Crippen molar-refractivity contribution in [2.24, 2.45) is 11.8 Å². The molecule has 4 rings (SSSR count). The Bertz CT molecular complexity index is 996. The lowest BCUT2D eigenvalue weighted by Crippen LogP contribution is -2.43. The number of phenolic OH excluding ortho intramolecular Hbond substituents is 1. The third-order valence-electron chi connectivity index (χ3n) is 5.15. The van der Waals surface area contributed by atoms with Crippen molar-refractivity contribution in [3.8, 4) is 5.75 Å². The molecule has 2 aliphatic heterocycles. The first kappa shape index (κ1) is 18.6. The third kappa shape index (κ3) is 2.78. The molecule has 0 saturated carbocycles. The highest BCUT2D eigenvalue weighted by Gasteiger charge is 2.61. The van der Waals surface area contributed by atoms with E-state index in [-0.39, 0.29) is 11.4 Å². The molecule has 2 aliphatic rings. The summed E-state index contributed by atoms with van der Waals surface area (Å²) in [5.74, 6) is -5.33. The highest BCUT2D eigenvalue weighted by molar-refractivity contribution is 9.10. The molecular formula is C19H14BrFN2O5. The van der Waals surface area contributed by atoms with Crippen LogP contribution in [0.5, 0.6) is 5.75 Å². The Morgan fingerprint density at radius 1 is 1.07 bits per heavy atom. The van der Waals surface area contributed by atoms with Crippen LogP contribution in [0.3, 0.4) is 0 Å². The van der Waals surface area contributed by atoms with Gasteiger partial charge in [0.1, 0.15) is 17.6 Å². The van der Waals surface area contributed by atoms with Gasteiger partial charge >= 0.3 is 5.97 Å². The van der Waals surface area contributed by atoms with Crippen LogP contribution in [0.15, 0.2) is 46.9 Å². The summed E-state index contributed by atoms with van der Waals surface area (Å²) in [7, 11) is 0. The van der Waals surface area contributed by atoms with E-state index in [4.69, 9.17) is 0 Å².